The highest BCUT2D eigenvalue weighted by Crippen LogP contribution is 2.29. The number of fused-ring (bicyclic) bond motifs is 1. The Kier molecular flexibility index (Phi) is 3.78. The van der Waals surface area contributed by atoms with Crippen LogP contribution >= 0.6 is 11.3 Å². The summed E-state index contributed by atoms with van der Waals surface area (Å²) in [7, 11) is 0. The average Bonchev–Trinajstić information content (AvgIpc) is 3.02. The van der Waals surface area contributed by atoms with Crippen molar-refractivity contribution in [3.8, 4) is 10.8 Å². The topological polar surface area (TPSA) is 51.0 Å². The first-order chi connectivity index (χ1) is 10.0. The predicted octanol–water partition coefficient (Wildman–Crippen LogP) is 3.88. The van der Waals surface area contributed by atoms with Crippen molar-refractivity contribution in [1.29, 1.82) is 0 Å². The lowest BCUT2D eigenvalue weighted by atomic mass is 10.1. The number of furan rings is 1. The molecule has 0 aliphatic carbocycles. The highest BCUT2D eigenvalue weighted by molar-refractivity contribution is 7.14. The van der Waals surface area contributed by atoms with Gasteiger partial charge in [-0.1, -0.05) is 29.5 Å². The molecule has 110 valence electrons. The van der Waals surface area contributed by atoms with Crippen molar-refractivity contribution in [3.63, 3.8) is 0 Å². The van der Waals surface area contributed by atoms with Gasteiger partial charge in [0.1, 0.15) is 10.6 Å². The van der Waals surface area contributed by atoms with Crippen molar-refractivity contribution in [1.82, 2.24) is 15.5 Å². The molecule has 4 nitrogen and oxygen atoms in total. The maximum absolute atomic E-state index is 5.82. The zero-order valence-corrected chi connectivity index (χ0v) is 13.3. The zero-order chi connectivity index (χ0) is 14.9. The minimum absolute atomic E-state index is 0.131. The second-order valence-electron chi connectivity index (χ2n) is 6.08. The van der Waals surface area contributed by atoms with Gasteiger partial charge in [0.25, 0.3) is 0 Å². The molecule has 0 unspecified atom stereocenters. The molecule has 0 spiro atoms. The van der Waals surface area contributed by atoms with Crippen LogP contribution in [-0.4, -0.2) is 22.3 Å². The van der Waals surface area contributed by atoms with Crippen LogP contribution in [0, 0.1) is 0 Å². The van der Waals surface area contributed by atoms with Gasteiger partial charge in [0.15, 0.2) is 10.8 Å². The lowest BCUT2D eigenvalue weighted by Crippen LogP contribution is -2.37. The minimum atomic E-state index is 0.131. The third-order valence-electron chi connectivity index (χ3n) is 3.10. The first-order valence-electron chi connectivity index (χ1n) is 7.08. The molecule has 0 atom stereocenters. The summed E-state index contributed by atoms with van der Waals surface area (Å²) >= 11 is 1.60. The first kappa shape index (κ1) is 14.2. The van der Waals surface area contributed by atoms with Crippen molar-refractivity contribution >= 4 is 22.3 Å². The van der Waals surface area contributed by atoms with Crippen LogP contribution in [0.4, 0.5) is 0 Å². The smallest absolute Gasteiger partial charge is 0.183 e. The SMILES string of the molecule is CC(C)(C)NCCc1nnc(-c2cc3ccccc3o2)s1. The monoisotopic (exact) mass is 301 g/mol. The molecule has 5 heteroatoms. The normalized spacial score (nSPS) is 12.1. The van der Waals surface area contributed by atoms with Gasteiger partial charge in [-0.15, -0.1) is 10.2 Å². The fraction of sp³-hybridized carbons (Fsp3) is 0.375. The molecule has 1 N–H and O–H groups in total. The predicted molar refractivity (Wildman–Crippen MR) is 86.6 cm³/mol. The van der Waals surface area contributed by atoms with E-state index in [0.29, 0.717) is 0 Å². The number of nitrogens with one attached hydrogen (secondary N) is 1. The number of nitrogens with zero attached hydrogens (tertiary/aromatic N) is 2. The Bertz CT molecular complexity index is 706. The van der Waals surface area contributed by atoms with E-state index in [9.17, 15) is 0 Å². The average molecular weight is 301 g/mol. The van der Waals surface area contributed by atoms with E-state index < -0.39 is 0 Å². The van der Waals surface area contributed by atoms with Gasteiger partial charge in [-0.2, -0.15) is 0 Å². The lowest BCUT2D eigenvalue weighted by molar-refractivity contribution is 0.429. The van der Waals surface area contributed by atoms with Crippen LogP contribution in [0.5, 0.6) is 0 Å². The number of hydrogen-bond acceptors (Lipinski definition) is 5. The standard InChI is InChI=1S/C16H19N3OS/c1-16(2,3)17-9-8-14-18-19-15(21-14)13-10-11-6-4-5-7-12(11)20-13/h4-7,10,17H,8-9H2,1-3H3. The van der Waals surface area contributed by atoms with Crippen LogP contribution in [0.2, 0.25) is 0 Å². The Labute approximate surface area is 128 Å². The summed E-state index contributed by atoms with van der Waals surface area (Å²) in [5.74, 6) is 0.795. The number of aromatic nitrogens is 2. The van der Waals surface area contributed by atoms with Crippen LogP contribution in [-0.2, 0) is 6.42 Å². The van der Waals surface area contributed by atoms with E-state index in [4.69, 9.17) is 4.42 Å². The molecule has 0 saturated heterocycles. The Morgan fingerprint density at radius 3 is 2.76 bits per heavy atom. The second kappa shape index (κ2) is 5.58. The molecule has 0 amide bonds. The van der Waals surface area contributed by atoms with E-state index in [0.717, 1.165) is 39.7 Å². The second-order valence-corrected chi connectivity index (χ2v) is 7.14. The van der Waals surface area contributed by atoms with Gasteiger partial charge in [-0.3, -0.25) is 0 Å². The molecule has 0 bridgehead atoms. The molecule has 0 aliphatic rings. The summed E-state index contributed by atoms with van der Waals surface area (Å²) in [4.78, 5) is 0. The van der Waals surface area contributed by atoms with E-state index in [1.54, 1.807) is 11.3 Å². The fourth-order valence-corrected chi connectivity index (χ4v) is 2.88. The minimum Gasteiger partial charge on any atom is -0.453 e. The molecular weight excluding hydrogens is 282 g/mol. The van der Waals surface area contributed by atoms with Crippen LogP contribution < -0.4 is 5.32 Å². The van der Waals surface area contributed by atoms with Crippen LogP contribution in [0.3, 0.4) is 0 Å². The van der Waals surface area contributed by atoms with E-state index in [1.165, 1.54) is 0 Å². The van der Waals surface area contributed by atoms with E-state index in [-0.39, 0.29) is 5.54 Å². The fourth-order valence-electron chi connectivity index (χ4n) is 2.09. The largest absolute Gasteiger partial charge is 0.453 e. The number of para-hydroxylation sites is 1. The summed E-state index contributed by atoms with van der Waals surface area (Å²) in [5, 5.41) is 14.9. The summed E-state index contributed by atoms with van der Waals surface area (Å²) in [6, 6.07) is 10.0. The highest BCUT2D eigenvalue weighted by Gasteiger charge is 2.13. The highest BCUT2D eigenvalue weighted by atomic mass is 32.1. The Morgan fingerprint density at radius 1 is 1.19 bits per heavy atom. The molecule has 2 heterocycles. The van der Waals surface area contributed by atoms with Gasteiger partial charge in [0.2, 0.25) is 0 Å². The first-order valence-corrected chi connectivity index (χ1v) is 7.89. The number of rotatable bonds is 4. The summed E-state index contributed by atoms with van der Waals surface area (Å²) < 4.78 is 5.82. The quantitative estimate of drug-likeness (QED) is 0.794. The summed E-state index contributed by atoms with van der Waals surface area (Å²) in [5.41, 5.74) is 1.02. The van der Waals surface area contributed by atoms with Gasteiger partial charge in [-0.25, -0.2) is 0 Å². The van der Waals surface area contributed by atoms with Gasteiger partial charge in [0.05, 0.1) is 0 Å². The van der Waals surface area contributed by atoms with Crippen LogP contribution in [0.1, 0.15) is 25.8 Å². The molecule has 1 aromatic carbocycles. The molecular formula is C16H19N3OS. The molecule has 21 heavy (non-hydrogen) atoms. The lowest BCUT2D eigenvalue weighted by Gasteiger charge is -2.19. The Balaban J connectivity index is 1.72. The van der Waals surface area contributed by atoms with Crippen LogP contribution in [0.15, 0.2) is 34.7 Å². The molecule has 2 aromatic heterocycles. The van der Waals surface area contributed by atoms with Gasteiger partial charge < -0.3 is 9.73 Å². The van der Waals surface area contributed by atoms with Crippen molar-refractivity contribution in [2.45, 2.75) is 32.7 Å². The van der Waals surface area contributed by atoms with E-state index in [2.05, 4.69) is 36.3 Å². The molecule has 0 fully saturated rings. The van der Waals surface area contributed by atoms with Crippen molar-refractivity contribution in [2.24, 2.45) is 0 Å². The zero-order valence-electron chi connectivity index (χ0n) is 12.5. The third-order valence-corrected chi connectivity index (χ3v) is 4.09. The Morgan fingerprint density at radius 2 is 2.00 bits per heavy atom. The third kappa shape index (κ3) is 3.49. The molecule has 0 saturated carbocycles. The molecule has 3 aromatic rings. The van der Waals surface area contributed by atoms with Crippen molar-refractivity contribution < 1.29 is 4.42 Å². The van der Waals surface area contributed by atoms with Crippen LogP contribution in [0.25, 0.3) is 21.7 Å². The Hall–Kier alpha value is -1.72. The maximum Gasteiger partial charge on any atom is 0.183 e. The van der Waals surface area contributed by atoms with Gasteiger partial charge in [-0.05, 0) is 32.9 Å². The van der Waals surface area contributed by atoms with E-state index in [1.807, 2.05) is 30.3 Å². The molecule has 0 radical (unpaired) electrons. The summed E-state index contributed by atoms with van der Waals surface area (Å²) in [6.45, 7) is 7.38. The van der Waals surface area contributed by atoms with Gasteiger partial charge >= 0.3 is 0 Å². The van der Waals surface area contributed by atoms with Gasteiger partial charge in [0, 0.05) is 23.9 Å². The van der Waals surface area contributed by atoms with Crippen molar-refractivity contribution in [2.75, 3.05) is 6.54 Å². The van der Waals surface area contributed by atoms with Crippen molar-refractivity contribution in [3.05, 3.63) is 35.3 Å². The summed E-state index contributed by atoms with van der Waals surface area (Å²) in [6.07, 6.45) is 0.884. The molecule has 3 rings (SSSR count). The number of hydrogen-bond donors (Lipinski definition) is 1. The number of benzene rings is 1. The molecule has 0 aliphatic heterocycles. The van der Waals surface area contributed by atoms with E-state index >= 15 is 0 Å². The maximum atomic E-state index is 5.82.